The third kappa shape index (κ3) is 4.32. The van der Waals surface area contributed by atoms with Crippen LogP contribution in [0.5, 0.6) is 0 Å². The first-order valence-electron chi connectivity index (χ1n) is 9.37. The number of hydrogen-bond acceptors (Lipinski definition) is 5. The van der Waals surface area contributed by atoms with Gasteiger partial charge in [-0.25, -0.2) is 4.68 Å². The van der Waals surface area contributed by atoms with Crippen LogP contribution in [0.3, 0.4) is 0 Å². The quantitative estimate of drug-likeness (QED) is 0.856. The fraction of sp³-hybridized carbons (Fsp3) is 0.882. The number of tetrazole rings is 1. The predicted molar refractivity (Wildman–Crippen MR) is 91.3 cm³/mol. The molecule has 0 spiro atoms. The zero-order valence-corrected chi connectivity index (χ0v) is 14.9. The highest BCUT2D eigenvalue weighted by Gasteiger charge is 2.39. The summed E-state index contributed by atoms with van der Waals surface area (Å²) in [5.74, 6) is 1.36. The second kappa shape index (κ2) is 8.05. The second-order valence-electron chi connectivity index (χ2n) is 7.79. The molecule has 0 aromatic carbocycles. The van der Waals surface area contributed by atoms with E-state index < -0.39 is 0 Å². The Balaban J connectivity index is 1.65. The molecule has 1 saturated carbocycles. The normalized spacial score (nSPS) is 26.1. The van der Waals surface area contributed by atoms with E-state index in [9.17, 15) is 4.79 Å². The first-order valence-corrected chi connectivity index (χ1v) is 9.37. The third-order valence-electron chi connectivity index (χ3n) is 5.32. The van der Waals surface area contributed by atoms with Crippen molar-refractivity contribution in [3.05, 3.63) is 6.33 Å². The van der Waals surface area contributed by atoms with Crippen LogP contribution in [0, 0.1) is 11.8 Å². The SMILES string of the molecule is CC(C)CNC(=O)[C@@H]1C[C@@H](n2cnnn2)CN1CC1CCCCC1. The largest absolute Gasteiger partial charge is 0.354 e. The van der Waals surface area contributed by atoms with Crippen molar-refractivity contribution < 1.29 is 4.79 Å². The monoisotopic (exact) mass is 334 g/mol. The number of rotatable bonds is 6. The zero-order valence-electron chi connectivity index (χ0n) is 14.9. The molecule has 2 heterocycles. The van der Waals surface area contributed by atoms with Crippen LogP contribution in [-0.2, 0) is 4.79 Å². The lowest BCUT2D eigenvalue weighted by Crippen LogP contribution is -2.45. The number of aromatic nitrogens is 4. The van der Waals surface area contributed by atoms with Gasteiger partial charge in [0.2, 0.25) is 5.91 Å². The van der Waals surface area contributed by atoms with Crippen LogP contribution in [0.4, 0.5) is 0 Å². The fourth-order valence-corrected chi connectivity index (χ4v) is 4.01. The summed E-state index contributed by atoms with van der Waals surface area (Å²) in [4.78, 5) is 15.1. The summed E-state index contributed by atoms with van der Waals surface area (Å²) in [6.07, 6.45) is 9.08. The van der Waals surface area contributed by atoms with Crippen LogP contribution in [-0.4, -0.2) is 56.7 Å². The van der Waals surface area contributed by atoms with Crippen LogP contribution in [0.15, 0.2) is 6.33 Å². The lowest BCUT2D eigenvalue weighted by Gasteiger charge is -2.30. The molecule has 7 nitrogen and oxygen atoms in total. The average Bonchev–Trinajstić information content (AvgIpc) is 3.23. The maximum atomic E-state index is 12.7. The first kappa shape index (κ1) is 17.3. The summed E-state index contributed by atoms with van der Waals surface area (Å²) in [7, 11) is 0. The van der Waals surface area contributed by atoms with Crippen molar-refractivity contribution >= 4 is 5.91 Å². The molecule has 0 unspecified atom stereocenters. The van der Waals surface area contributed by atoms with E-state index in [2.05, 4.69) is 39.6 Å². The zero-order chi connectivity index (χ0) is 16.9. The van der Waals surface area contributed by atoms with E-state index in [0.29, 0.717) is 5.92 Å². The van der Waals surface area contributed by atoms with Crippen molar-refractivity contribution in [2.45, 2.75) is 64.5 Å². The number of carbonyl (C=O) groups is 1. The Morgan fingerprint density at radius 3 is 2.75 bits per heavy atom. The van der Waals surface area contributed by atoms with Gasteiger partial charge in [-0.15, -0.1) is 5.10 Å². The van der Waals surface area contributed by atoms with Gasteiger partial charge in [0.1, 0.15) is 6.33 Å². The van der Waals surface area contributed by atoms with E-state index >= 15 is 0 Å². The number of carbonyl (C=O) groups excluding carboxylic acids is 1. The molecule has 2 atom stereocenters. The van der Waals surface area contributed by atoms with Crippen molar-refractivity contribution in [2.75, 3.05) is 19.6 Å². The molecule has 1 saturated heterocycles. The number of likely N-dealkylation sites (tertiary alicyclic amines) is 1. The highest BCUT2D eigenvalue weighted by molar-refractivity contribution is 5.82. The van der Waals surface area contributed by atoms with Gasteiger partial charge in [0.05, 0.1) is 12.1 Å². The van der Waals surface area contributed by atoms with Crippen molar-refractivity contribution in [2.24, 2.45) is 11.8 Å². The Labute approximate surface area is 144 Å². The molecule has 7 heteroatoms. The molecule has 134 valence electrons. The van der Waals surface area contributed by atoms with Crippen molar-refractivity contribution in [3.8, 4) is 0 Å². The van der Waals surface area contributed by atoms with E-state index in [-0.39, 0.29) is 18.0 Å². The smallest absolute Gasteiger partial charge is 0.237 e. The summed E-state index contributed by atoms with van der Waals surface area (Å²) in [5.41, 5.74) is 0. The van der Waals surface area contributed by atoms with Crippen molar-refractivity contribution in [1.29, 1.82) is 0 Å². The van der Waals surface area contributed by atoms with E-state index in [1.807, 2.05) is 4.68 Å². The lowest BCUT2D eigenvalue weighted by atomic mass is 9.89. The molecule has 0 radical (unpaired) electrons. The Morgan fingerprint density at radius 1 is 1.29 bits per heavy atom. The highest BCUT2D eigenvalue weighted by atomic mass is 16.2. The molecular formula is C17H30N6O. The summed E-state index contributed by atoms with van der Waals surface area (Å²) < 4.78 is 1.81. The molecule has 24 heavy (non-hydrogen) atoms. The molecule has 1 N–H and O–H groups in total. The van der Waals surface area contributed by atoms with E-state index in [1.165, 1.54) is 32.1 Å². The Bertz CT molecular complexity index is 511. The minimum absolute atomic E-state index is 0.0557. The van der Waals surface area contributed by atoms with Gasteiger partial charge in [-0.3, -0.25) is 9.69 Å². The van der Waals surface area contributed by atoms with E-state index in [1.54, 1.807) is 6.33 Å². The van der Waals surface area contributed by atoms with Gasteiger partial charge in [0, 0.05) is 19.6 Å². The highest BCUT2D eigenvalue weighted by Crippen LogP contribution is 2.31. The summed E-state index contributed by atoms with van der Waals surface area (Å²) in [6.45, 7) is 6.87. The number of hydrogen-bond donors (Lipinski definition) is 1. The molecule has 1 aromatic rings. The summed E-state index contributed by atoms with van der Waals surface area (Å²) in [6, 6.07) is 0.137. The number of nitrogens with zero attached hydrogens (tertiary/aromatic N) is 5. The van der Waals surface area contributed by atoms with Crippen LogP contribution in [0.25, 0.3) is 0 Å². The molecule has 1 aliphatic carbocycles. The second-order valence-corrected chi connectivity index (χ2v) is 7.79. The van der Waals surface area contributed by atoms with Crippen molar-refractivity contribution in [1.82, 2.24) is 30.4 Å². The van der Waals surface area contributed by atoms with Crippen LogP contribution < -0.4 is 5.32 Å². The minimum atomic E-state index is -0.0557. The molecule has 1 aromatic heterocycles. The average molecular weight is 334 g/mol. The molecule has 3 rings (SSSR count). The molecule has 1 aliphatic heterocycles. The number of nitrogens with one attached hydrogen (secondary N) is 1. The molecule has 2 aliphatic rings. The van der Waals surface area contributed by atoms with Crippen LogP contribution in [0.2, 0.25) is 0 Å². The Kier molecular flexibility index (Phi) is 5.81. The topological polar surface area (TPSA) is 75.9 Å². The van der Waals surface area contributed by atoms with Crippen LogP contribution >= 0.6 is 0 Å². The van der Waals surface area contributed by atoms with Crippen molar-refractivity contribution in [3.63, 3.8) is 0 Å². The summed E-state index contributed by atoms with van der Waals surface area (Å²) in [5, 5.41) is 14.7. The standard InChI is InChI=1S/C17H30N6O/c1-13(2)9-18-17(24)16-8-15(23-12-19-20-21-23)11-22(16)10-14-6-4-3-5-7-14/h12-16H,3-11H2,1-2H3,(H,18,24)/t15-,16+/m1/s1. The van der Waals surface area contributed by atoms with Gasteiger partial charge in [-0.05, 0) is 41.5 Å². The maximum absolute atomic E-state index is 12.7. The minimum Gasteiger partial charge on any atom is -0.354 e. The van der Waals surface area contributed by atoms with Crippen LogP contribution in [0.1, 0.15) is 58.4 Å². The maximum Gasteiger partial charge on any atom is 0.237 e. The predicted octanol–water partition coefficient (Wildman–Crippen LogP) is 1.64. The molecule has 2 fully saturated rings. The molecule has 1 amide bonds. The summed E-state index contributed by atoms with van der Waals surface area (Å²) >= 11 is 0. The number of amides is 1. The first-order chi connectivity index (χ1) is 11.6. The third-order valence-corrected chi connectivity index (χ3v) is 5.32. The Hall–Kier alpha value is -1.50. The molecular weight excluding hydrogens is 304 g/mol. The lowest BCUT2D eigenvalue weighted by molar-refractivity contribution is -0.125. The van der Waals surface area contributed by atoms with Gasteiger partial charge in [0.15, 0.2) is 0 Å². The molecule has 0 bridgehead atoms. The van der Waals surface area contributed by atoms with Gasteiger partial charge in [-0.2, -0.15) is 0 Å². The Morgan fingerprint density at radius 2 is 2.08 bits per heavy atom. The van der Waals surface area contributed by atoms with Gasteiger partial charge >= 0.3 is 0 Å². The van der Waals surface area contributed by atoms with E-state index in [0.717, 1.165) is 32.0 Å². The van der Waals surface area contributed by atoms with Gasteiger partial charge in [-0.1, -0.05) is 33.1 Å². The fourth-order valence-electron chi connectivity index (χ4n) is 4.01. The van der Waals surface area contributed by atoms with Gasteiger partial charge < -0.3 is 5.32 Å². The van der Waals surface area contributed by atoms with Gasteiger partial charge in [0.25, 0.3) is 0 Å². The van der Waals surface area contributed by atoms with E-state index in [4.69, 9.17) is 0 Å².